The summed E-state index contributed by atoms with van der Waals surface area (Å²) in [5.74, 6) is 0. The van der Waals surface area contributed by atoms with E-state index in [1.54, 1.807) is 17.4 Å². The van der Waals surface area contributed by atoms with Crippen LogP contribution < -0.4 is 0 Å². The molecule has 1 amide bonds. The smallest absolute Gasteiger partial charge is 0.312 e. The highest BCUT2D eigenvalue weighted by Gasteiger charge is 2.23. The lowest BCUT2D eigenvalue weighted by Gasteiger charge is -2.18. The molecule has 0 aromatic carbocycles. The van der Waals surface area contributed by atoms with E-state index in [-0.39, 0.29) is 0 Å². The van der Waals surface area contributed by atoms with Crippen molar-refractivity contribution in [3.63, 3.8) is 0 Å². The first-order valence-electron chi connectivity index (χ1n) is 4.50. The largest absolute Gasteiger partial charge is 0.335 e. The molecule has 1 aromatic rings. The number of aromatic nitrogens is 2. The fourth-order valence-corrected chi connectivity index (χ4v) is 1.78. The average Bonchev–Trinajstić information content (AvgIpc) is 2.76. The topological polar surface area (TPSA) is 38.1 Å². The van der Waals surface area contributed by atoms with Crippen molar-refractivity contribution >= 4 is 6.41 Å². The molecule has 4 nitrogen and oxygen atoms in total. The van der Waals surface area contributed by atoms with Gasteiger partial charge in [0.2, 0.25) is 0 Å². The van der Waals surface area contributed by atoms with Crippen molar-refractivity contribution in [2.24, 2.45) is 0 Å². The van der Waals surface area contributed by atoms with Gasteiger partial charge in [0.15, 0.2) is 0 Å². The van der Waals surface area contributed by atoms with Crippen molar-refractivity contribution in [1.82, 2.24) is 14.5 Å². The van der Waals surface area contributed by atoms with Gasteiger partial charge in [-0.05, 0) is 12.8 Å². The van der Waals surface area contributed by atoms with Crippen molar-refractivity contribution in [3.05, 3.63) is 18.7 Å². The summed E-state index contributed by atoms with van der Waals surface area (Å²) in [6.07, 6.45) is 9.60. The monoisotopic (exact) mass is 178 g/mol. The van der Waals surface area contributed by atoms with Crippen LogP contribution in [0.15, 0.2) is 18.7 Å². The molecular weight excluding hydrogens is 166 g/mol. The Morgan fingerprint density at radius 2 is 2.54 bits per heavy atom. The summed E-state index contributed by atoms with van der Waals surface area (Å²) in [7, 11) is 0. The van der Waals surface area contributed by atoms with Gasteiger partial charge in [0.25, 0.3) is 0 Å². The predicted molar refractivity (Wildman–Crippen MR) is 47.6 cm³/mol. The zero-order chi connectivity index (χ0) is 9.10. The molecule has 0 bridgehead atoms. The van der Waals surface area contributed by atoms with E-state index in [2.05, 4.69) is 4.98 Å². The number of hydrogen-bond acceptors (Lipinski definition) is 2. The number of hydrogen-bond donors (Lipinski definition) is 0. The summed E-state index contributed by atoms with van der Waals surface area (Å²) in [5.41, 5.74) is 0. The Labute approximate surface area is 77.2 Å². The molecule has 0 N–H and O–H groups in total. The second kappa shape index (κ2) is 3.60. The van der Waals surface area contributed by atoms with Crippen LogP contribution in [0.2, 0.25) is 0 Å². The molecule has 4 heteroatoms. The Morgan fingerprint density at radius 1 is 1.62 bits per heavy atom. The zero-order valence-electron chi connectivity index (χ0n) is 7.39. The van der Waals surface area contributed by atoms with E-state index in [0.29, 0.717) is 6.04 Å². The van der Waals surface area contributed by atoms with Crippen LogP contribution in [0, 0.1) is 0 Å². The molecule has 0 saturated carbocycles. The molecule has 1 unspecified atom stereocenters. The summed E-state index contributed by atoms with van der Waals surface area (Å²) in [5, 5.41) is 0. The van der Waals surface area contributed by atoms with Crippen LogP contribution in [0.5, 0.6) is 0 Å². The first-order chi connectivity index (χ1) is 6.40. The normalized spacial score (nSPS) is 22.2. The van der Waals surface area contributed by atoms with Gasteiger partial charge in [0.1, 0.15) is 0 Å². The van der Waals surface area contributed by atoms with Gasteiger partial charge in [-0.3, -0.25) is 4.79 Å². The van der Waals surface area contributed by atoms with Gasteiger partial charge in [-0.1, -0.05) is 0 Å². The standard InChI is InChI=1S/C9H12N3O/c13-8-12-4-1-2-9(12)6-11-5-3-10-7-11/h3,5,7,9H,1-2,4,6H2. The molecule has 0 aliphatic carbocycles. The molecule has 1 fully saturated rings. The lowest BCUT2D eigenvalue weighted by molar-refractivity contribution is 0.327. The van der Waals surface area contributed by atoms with Crippen LogP contribution >= 0.6 is 0 Å². The zero-order valence-corrected chi connectivity index (χ0v) is 7.39. The molecule has 0 spiro atoms. The molecular formula is C9H12N3O. The summed E-state index contributed by atoms with van der Waals surface area (Å²) in [6.45, 7) is 1.69. The van der Waals surface area contributed by atoms with Crippen molar-refractivity contribution in [3.8, 4) is 0 Å². The molecule has 1 aromatic heterocycles. The Bertz CT molecular complexity index is 270. The van der Waals surface area contributed by atoms with Gasteiger partial charge in [-0.25, -0.2) is 4.98 Å². The highest BCUT2D eigenvalue weighted by atomic mass is 16.1. The number of amides is 1. The van der Waals surface area contributed by atoms with Crippen LogP contribution in [-0.2, 0) is 11.3 Å². The third-order valence-electron chi connectivity index (χ3n) is 2.48. The Balaban J connectivity index is 1.97. The van der Waals surface area contributed by atoms with Crippen molar-refractivity contribution < 1.29 is 4.79 Å². The molecule has 2 heterocycles. The van der Waals surface area contributed by atoms with Gasteiger partial charge in [-0.15, -0.1) is 0 Å². The summed E-state index contributed by atoms with van der Waals surface area (Å²) >= 11 is 0. The molecule has 1 aliphatic rings. The van der Waals surface area contributed by atoms with E-state index in [1.165, 1.54) is 0 Å². The van der Waals surface area contributed by atoms with E-state index in [4.69, 9.17) is 0 Å². The summed E-state index contributed by atoms with van der Waals surface area (Å²) < 4.78 is 2.00. The van der Waals surface area contributed by atoms with Gasteiger partial charge < -0.3 is 9.47 Å². The number of nitrogens with zero attached hydrogens (tertiary/aromatic N) is 3. The Morgan fingerprint density at radius 3 is 3.23 bits per heavy atom. The van der Waals surface area contributed by atoms with Gasteiger partial charge in [-0.2, -0.15) is 0 Å². The first-order valence-corrected chi connectivity index (χ1v) is 4.50. The Hall–Kier alpha value is -1.32. The molecule has 69 valence electrons. The lowest BCUT2D eigenvalue weighted by Crippen LogP contribution is -2.31. The minimum Gasteiger partial charge on any atom is -0.335 e. The van der Waals surface area contributed by atoms with Crippen LogP contribution in [0.3, 0.4) is 0 Å². The SMILES string of the molecule is O=[C]N1CCCC1Cn1ccnc1. The summed E-state index contributed by atoms with van der Waals surface area (Å²) in [4.78, 5) is 16.2. The third-order valence-corrected chi connectivity index (χ3v) is 2.48. The van der Waals surface area contributed by atoms with E-state index in [1.807, 2.05) is 17.2 Å². The summed E-state index contributed by atoms with van der Waals surface area (Å²) in [6, 6.07) is 0.312. The van der Waals surface area contributed by atoms with Gasteiger partial charge >= 0.3 is 6.41 Å². The van der Waals surface area contributed by atoms with Crippen LogP contribution in [0.4, 0.5) is 0 Å². The Kier molecular flexibility index (Phi) is 2.29. The highest BCUT2D eigenvalue weighted by Crippen LogP contribution is 2.16. The molecule has 13 heavy (non-hydrogen) atoms. The second-order valence-electron chi connectivity index (χ2n) is 3.34. The molecule has 1 saturated heterocycles. The maximum absolute atomic E-state index is 10.5. The number of carbonyl (C=O) groups excluding carboxylic acids is 1. The van der Waals surface area contributed by atoms with E-state index >= 15 is 0 Å². The highest BCUT2D eigenvalue weighted by molar-refractivity contribution is 5.49. The van der Waals surface area contributed by atoms with Crippen LogP contribution in [-0.4, -0.2) is 33.4 Å². The second-order valence-corrected chi connectivity index (χ2v) is 3.34. The van der Waals surface area contributed by atoms with Crippen LogP contribution in [0.25, 0.3) is 0 Å². The average molecular weight is 178 g/mol. The van der Waals surface area contributed by atoms with Gasteiger partial charge in [0.05, 0.1) is 12.4 Å². The van der Waals surface area contributed by atoms with E-state index in [9.17, 15) is 4.79 Å². The van der Waals surface area contributed by atoms with Crippen molar-refractivity contribution in [2.45, 2.75) is 25.4 Å². The quantitative estimate of drug-likeness (QED) is 0.672. The maximum atomic E-state index is 10.5. The minimum absolute atomic E-state index is 0.312. The third kappa shape index (κ3) is 1.71. The molecule has 1 aliphatic heterocycles. The fourth-order valence-electron chi connectivity index (χ4n) is 1.78. The first kappa shape index (κ1) is 8.29. The lowest BCUT2D eigenvalue weighted by atomic mass is 10.2. The molecule has 1 radical (unpaired) electrons. The predicted octanol–water partition coefficient (Wildman–Crippen LogP) is 0.415. The van der Waals surface area contributed by atoms with E-state index in [0.717, 1.165) is 25.9 Å². The molecule has 2 rings (SSSR count). The van der Waals surface area contributed by atoms with Gasteiger partial charge in [0, 0.05) is 25.5 Å². The molecule has 1 atom stereocenters. The number of rotatable bonds is 3. The number of likely N-dealkylation sites (tertiary alicyclic amines) is 1. The fraction of sp³-hybridized carbons (Fsp3) is 0.556. The van der Waals surface area contributed by atoms with Crippen molar-refractivity contribution in [2.75, 3.05) is 6.54 Å². The van der Waals surface area contributed by atoms with E-state index < -0.39 is 0 Å². The number of imidazole rings is 1. The van der Waals surface area contributed by atoms with Crippen LogP contribution in [0.1, 0.15) is 12.8 Å². The van der Waals surface area contributed by atoms with Crippen molar-refractivity contribution in [1.29, 1.82) is 0 Å². The maximum Gasteiger partial charge on any atom is 0.312 e. The minimum atomic E-state index is 0.312.